The lowest BCUT2D eigenvalue weighted by atomic mass is 10.1. The summed E-state index contributed by atoms with van der Waals surface area (Å²) in [4.78, 5) is 28.4. The highest BCUT2D eigenvalue weighted by Crippen LogP contribution is 2.27. The number of rotatable bonds is 4. The molecule has 2 amide bonds. The van der Waals surface area contributed by atoms with Gasteiger partial charge in [-0.1, -0.05) is 30.3 Å². The van der Waals surface area contributed by atoms with Crippen molar-refractivity contribution >= 4 is 17.6 Å². The second-order valence-electron chi connectivity index (χ2n) is 6.99. The molecule has 1 N–H and O–H groups in total. The summed E-state index contributed by atoms with van der Waals surface area (Å²) in [7, 11) is 1.56. The fourth-order valence-corrected chi connectivity index (χ4v) is 3.76. The average Bonchev–Trinajstić information content (AvgIpc) is 3.10. The molecule has 4 rings (SSSR count). The van der Waals surface area contributed by atoms with Gasteiger partial charge in [-0.2, -0.15) is 0 Å². The second-order valence-corrected chi connectivity index (χ2v) is 6.99. The van der Waals surface area contributed by atoms with E-state index in [1.54, 1.807) is 19.2 Å². The molecule has 8 nitrogen and oxygen atoms in total. The van der Waals surface area contributed by atoms with Crippen molar-refractivity contribution < 1.29 is 14.3 Å². The number of nitrogens with one attached hydrogen (secondary N) is 1. The van der Waals surface area contributed by atoms with Crippen LogP contribution >= 0.6 is 0 Å². The van der Waals surface area contributed by atoms with Gasteiger partial charge in [0.2, 0.25) is 5.91 Å². The zero-order valence-electron chi connectivity index (χ0n) is 15.7. The van der Waals surface area contributed by atoms with E-state index < -0.39 is 0 Å². The van der Waals surface area contributed by atoms with Gasteiger partial charge in [-0.05, 0) is 17.7 Å². The summed E-state index contributed by atoms with van der Waals surface area (Å²) in [6.45, 7) is 2.26. The second kappa shape index (κ2) is 7.93. The van der Waals surface area contributed by atoms with Gasteiger partial charge < -0.3 is 19.9 Å². The lowest BCUT2D eigenvalue weighted by Gasteiger charge is -2.29. The maximum atomic E-state index is 12.7. The Hall–Kier alpha value is -3.00. The van der Waals surface area contributed by atoms with Crippen molar-refractivity contribution in [2.24, 2.45) is 0 Å². The number of hydrogen-bond acceptors (Lipinski definition) is 6. The number of amides is 2. The van der Waals surface area contributed by atoms with Crippen molar-refractivity contribution in [2.75, 3.05) is 31.6 Å². The van der Waals surface area contributed by atoms with Crippen LogP contribution in [0.25, 0.3) is 0 Å². The maximum Gasteiger partial charge on any atom is 0.271 e. The minimum absolute atomic E-state index is 0.0457. The van der Waals surface area contributed by atoms with Gasteiger partial charge >= 0.3 is 0 Å². The van der Waals surface area contributed by atoms with Crippen LogP contribution in [0, 0.1) is 0 Å². The molecule has 0 saturated carbocycles. The molecule has 0 aliphatic carbocycles. The summed E-state index contributed by atoms with van der Waals surface area (Å²) < 4.78 is 5.98. The van der Waals surface area contributed by atoms with E-state index in [4.69, 9.17) is 4.74 Å². The molecule has 2 aromatic rings. The van der Waals surface area contributed by atoms with E-state index in [-0.39, 0.29) is 29.7 Å². The van der Waals surface area contributed by atoms with E-state index in [2.05, 4.69) is 20.4 Å². The molecule has 0 radical (unpaired) electrons. The topological polar surface area (TPSA) is 87.7 Å². The van der Waals surface area contributed by atoms with E-state index in [1.165, 1.54) is 0 Å². The van der Waals surface area contributed by atoms with Crippen LogP contribution in [0.4, 0.5) is 5.82 Å². The maximum absolute atomic E-state index is 12.7. The Morgan fingerprint density at radius 2 is 2.00 bits per heavy atom. The van der Waals surface area contributed by atoms with Crippen LogP contribution in [0.1, 0.15) is 22.5 Å². The monoisotopic (exact) mass is 381 g/mol. The number of hydrogen-bond donors (Lipinski definition) is 1. The lowest BCUT2D eigenvalue weighted by molar-refractivity contribution is -0.133. The molecule has 8 heteroatoms. The normalized spacial score (nSPS) is 22.0. The van der Waals surface area contributed by atoms with E-state index in [0.29, 0.717) is 38.5 Å². The Bertz CT molecular complexity index is 843. The van der Waals surface area contributed by atoms with Crippen LogP contribution in [-0.4, -0.2) is 65.8 Å². The standard InChI is InChI=1S/C20H23N5O3/c1-21-20(27)15-7-8-18(23-22-15)24-12-16-17(13-24)28-10-9-19(26)25(16)11-14-5-3-2-4-6-14/h2-8,16-17H,9-13H2,1H3,(H,21,27)/t16-,17-/m0/s1. The zero-order chi connectivity index (χ0) is 19.5. The smallest absolute Gasteiger partial charge is 0.271 e. The Kier molecular flexibility index (Phi) is 5.21. The molecule has 0 unspecified atom stereocenters. The summed E-state index contributed by atoms with van der Waals surface area (Å²) in [5, 5.41) is 10.7. The van der Waals surface area contributed by atoms with Gasteiger partial charge in [-0.25, -0.2) is 0 Å². The van der Waals surface area contributed by atoms with Gasteiger partial charge in [0, 0.05) is 26.7 Å². The third kappa shape index (κ3) is 3.68. The van der Waals surface area contributed by atoms with Crippen LogP contribution in [0.2, 0.25) is 0 Å². The number of fused-ring (bicyclic) bond motifs is 1. The molecular formula is C20H23N5O3. The van der Waals surface area contributed by atoms with Crippen molar-refractivity contribution in [3.63, 3.8) is 0 Å². The molecule has 0 bridgehead atoms. The van der Waals surface area contributed by atoms with Crippen LogP contribution in [0.15, 0.2) is 42.5 Å². The molecule has 2 aliphatic rings. The van der Waals surface area contributed by atoms with Crippen molar-refractivity contribution in [1.29, 1.82) is 0 Å². The number of carbonyl (C=O) groups excluding carboxylic acids is 2. The summed E-state index contributed by atoms with van der Waals surface area (Å²) in [5.41, 5.74) is 1.38. The number of carbonyl (C=O) groups is 2. The molecule has 3 heterocycles. The first-order valence-electron chi connectivity index (χ1n) is 9.41. The van der Waals surface area contributed by atoms with Crippen molar-refractivity contribution in [3.05, 3.63) is 53.7 Å². The Morgan fingerprint density at radius 3 is 2.71 bits per heavy atom. The molecule has 1 aromatic carbocycles. The molecule has 0 spiro atoms. The van der Waals surface area contributed by atoms with Crippen LogP contribution in [0.5, 0.6) is 0 Å². The fourth-order valence-electron chi connectivity index (χ4n) is 3.76. The first-order valence-corrected chi connectivity index (χ1v) is 9.41. The van der Waals surface area contributed by atoms with Gasteiger partial charge in [-0.15, -0.1) is 10.2 Å². The minimum Gasteiger partial charge on any atom is -0.374 e. The molecule has 1 aromatic heterocycles. The van der Waals surface area contributed by atoms with Gasteiger partial charge in [0.25, 0.3) is 5.91 Å². The van der Waals surface area contributed by atoms with Crippen LogP contribution < -0.4 is 10.2 Å². The van der Waals surface area contributed by atoms with E-state index in [9.17, 15) is 9.59 Å². The number of anilines is 1. The summed E-state index contributed by atoms with van der Waals surface area (Å²) in [6, 6.07) is 13.4. The molecule has 2 atom stereocenters. The quantitative estimate of drug-likeness (QED) is 0.845. The van der Waals surface area contributed by atoms with Crippen LogP contribution in [0.3, 0.4) is 0 Å². The number of ether oxygens (including phenoxy) is 1. The lowest BCUT2D eigenvalue weighted by Crippen LogP contribution is -2.45. The van der Waals surface area contributed by atoms with Crippen molar-refractivity contribution in [3.8, 4) is 0 Å². The molecule has 2 aliphatic heterocycles. The number of aromatic nitrogens is 2. The molecule has 28 heavy (non-hydrogen) atoms. The molecule has 146 valence electrons. The molecular weight excluding hydrogens is 358 g/mol. The van der Waals surface area contributed by atoms with Crippen molar-refractivity contribution in [1.82, 2.24) is 20.4 Å². The van der Waals surface area contributed by atoms with Gasteiger partial charge in [-0.3, -0.25) is 9.59 Å². The minimum atomic E-state index is -0.270. The summed E-state index contributed by atoms with van der Waals surface area (Å²) in [6.07, 6.45) is 0.330. The Morgan fingerprint density at radius 1 is 1.18 bits per heavy atom. The van der Waals surface area contributed by atoms with Crippen LogP contribution in [-0.2, 0) is 16.1 Å². The third-order valence-corrected chi connectivity index (χ3v) is 5.24. The van der Waals surface area contributed by atoms with Gasteiger partial charge in [0.15, 0.2) is 11.5 Å². The fraction of sp³-hybridized carbons (Fsp3) is 0.400. The highest BCUT2D eigenvalue weighted by Gasteiger charge is 2.41. The Balaban J connectivity index is 1.53. The SMILES string of the molecule is CNC(=O)c1ccc(N2C[C@@H]3OCCC(=O)N(Cc4ccccc4)[C@H]3C2)nn1. The highest BCUT2D eigenvalue weighted by molar-refractivity contribution is 5.91. The van der Waals surface area contributed by atoms with Gasteiger partial charge in [0.1, 0.15) is 0 Å². The van der Waals surface area contributed by atoms with Gasteiger partial charge in [0.05, 0.1) is 25.2 Å². The third-order valence-electron chi connectivity index (χ3n) is 5.24. The summed E-state index contributed by atoms with van der Waals surface area (Å²) in [5.74, 6) is 0.518. The zero-order valence-corrected chi connectivity index (χ0v) is 15.7. The molecule has 2 saturated heterocycles. The predicted molar refractivity (Wildman–Crippen MR) is 103 cm³/mol. The molecule has 2 fully saturated rings. The largest absolute Gasteiger partial charge is 0.374 e. The average molecular weight is 381 g/mol. The highest BCUT2D eigenvalue weighted by atomic mass is 16.5. The first kappa shape index (κ1) is 18.4. The van der Waals surface area contributed by atoms with E-state index >= 15 is 0 Å². The summed E-state index contributed by atoms with van der Waals surface area (Å²) >= 11 is 0. The predicted octanol–water partition coefficient (Wildman–Crippen LogP) is 0.842. The Labute approximate surface area is 163 Å². The number of benzene rings is 1. The van der Waals surface area contributed by atoms with Crippen molar-refractivity contribution in [2.45, 2.75) is 25.1 Å². The first-order chi connectivity index (χ1) is 13.7. The number of nitrogens with zero attached hydrogens (tertiary/aromatic N) is 4. The van der Waals surface area contributed by atoms with E-state index in [0.717, 1.165) is 5.56 Å². The van der Waals surface area contributed by atoms with E-state index in [1.807, 2.05) is 35.2 Å².